The molecule has 0 aromatic carbocycles. The average molecular weight is 259 g/mol. The summed E-state index contributed by atoms with van der Waals surface area (Å²) in [5.41, 5.74) is -1.20. The number of carbonyl (C=O) groups is 3. The summed E-state index contributed by atoms with van der Waals surface area (Å²) in [6, 6.07) is -0.970. The van der Waals surface area contributed by atoms with Crippen molar-refractivity contribution in [1.82, 2.24) is 5.32 Å². The number of hydrogen-bond donors (Lipinski definition) is 3. The molecule has 0 saturated carbocycles. The van der Waals surface area contributed by atoms with Crippen molar-refractivity contribution in [1.29, 1.82) is 0 Å². The number of carboxylic acid groups (broad SMARTS) is 2. The second-order valence-corrected chi connectivity index (χ2v) is 5.45. The Morgan fingerprint density at radius 2 is 1.67 bits per heavy atom. The first-order chi connectivity index (χ1) is 8.06. The molecule has 18 heavy (non-hydrogen) atoms. The Labute approximate surface area is 106 Å². The highest BCUT2D eigenvalue weighted by atomic mass is 16.4. The van der Waals surface area contributed by atoms with Gasteiger partial charge in [-0.1, -0.05) is 13.8 Å². The van der Waals surface area contributed by atoms with Crippen molar-refractivity contribution in [2.75, 3.05) is 0 Å². The summed E-state index contributed by atoms with van der Waals surface area (Å²) >= 11 is 0. The molecule has 104 valence electrons. The Bertz CT molecular complexity index is 335. The van der Waals surface area contributed by atoms with E-state index in [9.17, 15) is 14.4 Å². The fraction of sp³-hybridized carbons (Fsp3) is 0.750. The normalized spacial score (nSPS) is 13.2. The van der Waals surface area contributed by atoms with Gasteiger partial charge in [0.15, 0.2) is 0 Å². The molecular formula is C12H21NO5. The Kier molecular flexibility index (Phi) is 5.81. The fourth-order valence-corrected chi connectivity index (χ4v) is 1.42. The Balaban J connectivity index is 4.53. The zero-order chi connectivity index (χ0) is 14.5. The predicted molar refractivity (Wildman–Crippen MR) is 65.1 cm³/mol. The van der Waals surface area contributed by atoms with Crippen LogP contribution in [-0.4, -0.2) is 34.1 Å². The molecule has 6 heteroatoms. The van der Waals surface area contributed by atoms with Crippen molar-refractivity contribution in [2.45, 2.75) is 46.6 Å². The highest BCUT2D eigenvalue weighted by Crippen LogP contribution is 2.20. The average Bonchev–Trinajstić information content (AvgIpc) is 2.14. The Morgan fingerprint density at radius 1 is 1.17 bits per heavy atom. The minimum atomic E-state index is -1.20. The summed E-state index contributed by atoms with van der Waals surface area (Å²) in [4.78, 5) is 33.4. The molecule has 0 rings (SSSR count). The second kappa shape index (κ2) is 6.37. The number of nitrogens with one attached hydrogen (secondary N) is 1. The third-order valence-electron chi connectivity index (χ3n) is 2.52. The first-order valence-corrected chi connectivity index (χ1v) is 5.82. The van der Waals surface area contributed by atoms with Gasteiger partial charge in [0.1, 0.15) is 6.04 Å². The molecule has 1 atom stereocenters. The quantitative estimate of drug-likeness (QED) is 0.635. The molecule has 0 heterocycles. The number of amides is 1. The molecule has 0 radical (unpaired) electrons. The van der Waals surface area contributed by atoms with Gasteiger partial charge in [-0.2, -0.15) is 0 Å². The zero-order valence-electron chi connectivity index (χ0n) is 11.2. The van der Waals surface area contributed by atoms with E-state index in [0.29, 0.717) is 6.42 Å². The van der Waals surface area contributed by atoms with Crippen molar-refractivity contribution in [3.63, 3.8) is 0 Å². The topological polar surface area (TPSA) is 104 Å². The van der Waals surface area contributed by atoms with Crippen LogP contribution in [0.25, 0.3) is 0 Å². The van der Waals surface area contributed by atoms with E-state index in [0.717, 1.165) is 0 Å². The van der Waals surface area contributed by atoms with Crippen molar-refractivity contribution in [3.05, 3.63) is 0 Å². The molecule has 0 bridgehead atoms. The summed E-state index contributed by atoms with van der Waals surface area (Å²) in [6.45, 7) is 6.55. The number of carbonyl (C=O) groups excluding carboxylic acids is 1. The van der Waals surface area contributed by atoms with Gasteiger partial charge in [0, 0.05) is 6.42 Å². The van der Waals surface area contributed by atoms with Gasteiger partial charge in [0.05, 0.1) is 5.41 Å². The molecule has 0 aliphatic heterocycles. The van der Waals surface area contributed by atoms with E-state index in [1.54, 1.807) is 0 Å². The number of aliphatic carboxylic acids is 2. The Morgan fingerprint density at radius 3 is 2.00 bits per heavy atom. The van der Waals surface area contributed by atoms with E-state index >= 15 is 0 Å². The van der Waals surface area contributed by atoms with Crippen molar-refractivity contribution in [2.24, 2.45) is 11.3 Å². The minimum absolute atomic E-state index is 0.124. The summed E-state index contributed by atoms with van der Waals surface area (Å²) in [6.07, 6.45) is 0.0682. The molecule has 6 nitrogen and oxygen atoms in total. The third-order valence-corrected chi connectivity index (χ3v) is 2.52. The van der Waals surface area contributed by atoms with Crippen LogP contribution in [0.4, 0.5) is 0 Å². The van der Waals surface area contributed by atoms with Gasteiger partial charge in [-0.25, -0.2) is 4.79 Å². The van der Waals surface area contributed by atoms with Gasteiger partial charge in [0.25, 0.3) is 0 Å². The number of carboxylic acids is 2. The molecule has 0 aliphatic rings. The zero-order valence-corrected chi connectivity index (χ0v) is 11.2. The lowest BCUT2D eigenvalue weighted by atomic mass is 9.89. The maximum Gasteiger partial charge on any atom is 0.326 e. The standard InChI is InChI=1S/C12H21NO5/c1-7(2)5-8(10(15)16)13-9(14)6-12(3,4)11(17)18/h7-8H,5-6H2,1-4H3,(H,13,14)(H,15,16)(H,17,18). The first-order valence-electron chi connectivity index (χ1n) is 5.82. The SMILES string of the molecule is CC(C)CC(NC(=O)CC(C)(C)C(=O)O)C(=O)O. The summed E-state index contributed by atoms with van der Waals surface area (Å²) in [7, 11) is 0. The van der Waals surface area contributed by atoms with Crippen LogP contribution < -0.4 is 5.32 Å². The fourth-order valence-electron chi connectivity index (χ4n) is 1.42. The van der Waals surface area contributed by atoms with Gasteiger partial charge in [-0.15, -0.1) is 0 Å². The molecule has 0 fully saturated rings. The molecule has 0 saturated heterocycles. The molecule has 0 aromatic heterocycles. The molecule has 0 aliphatic carbocycles. The van der Waals surface area contributed by atoms with Gasteiger partial charge in [0.2, 0.25) is 5.91 Å². The predicted octanol–water partition coefficient (Wildman–Crippen LogP) is 1.10. The Hall–Kier alpha value is -1.59. The van der Waals surface area contributed by atoms with Crippen LogP contribution in [-0.2, 0) is 14.4 Å². The van der Waals surface area contributed by atoms with Crippen molar-refractivity contribution in [3.8, 4) is 0 Å². The third kappa shape index (κ3) is 5.65. The van der Waals surface area contributed by atoms with Gasteiger partial charge in [-0.3, -0.25) is 9.59 Å². The van der Waals surface area contributed by atoms with Gasteiger partial charge < -0.3 is 15.5 Å². The highest BCUT2D eigenvalue weighted by molar-refractivity contribution is 5.87. The second-order valence-electron chi connectivity index (χ2n) is 5.45. The van der Waals surface area contributed by atoms with Crippen LogP contribution in [0.5, 0.6) is 0 Å². The van der Waals surface area contributed by atoms with Crippen LogP contribution in [0, 0.1) is 11.3 Å². The minimum Gasteiger partial charge on any atom is -0.481 e. The lowest BCUT2D eigenvalue weighted by molar-refractivity contribution is -0.150. The van der Waals surface area contributed by atoms with E-state index in [4.69, 9.17) is 10.2 Å². The maximum atomic E-state index is 11.6. The molecule has 1 unspecified atom stereocenters. The van der Waals surface area contributed by atoms with E-state index in [-0.39, 0.29) is 12.3 Å². The largest absolute Gasteiger partial charge is 0.481 e. The first kappa shape index (κ1) is 16.4. The smallest absolute Gasteiger partial charge is 0.326 e. The van der Waals surface area contributed by atoms with Crippen molar-refractivity contribution < 1.29 is 24.6 Å². The van der Waals surface area contributed by atoms with E-state index in [1.165, 1.54) is 13.8 Å². The summed E-state index contributed by atoms with van der Waals surface area (Å²) in [5.74, 6) is -2.63. The highest BCUT2D eigenvalue weighted by Gasteiger charge is 2.31. The molecular weight excluding hydrogens is 238 g/mol. The maximum absolute atomic E-state index is 11.6. The molecule has 0 spiro atoms. The van der Waals surface area contributed by atoms with E-state index in [1.807, 2.05) is 13.8 Å². The molecule has 1 amide bonds. The van der Waals surface area contributed by atoms with Crippen LogP contribution in [0.3, 0.4) is 0 Å². The molecule has 0 aromatic rings. The van der Waals surface area contributed by atoms with E-state index in [2.05, 4.69) is 5.32 Å². The van der Waals surface area contributed by atoms with Crippen LogP contribution in [0.15, 0.2) is 0 Å². The van der Waals surface area contributed by atoms with Gasteiger partial charge in [-0.05, 0) is 26.2 Å². The van der Waals surface area contributed by atoms with Crippen molar-refractivity contribution >= 4 is 17.8 Å². The number of rotatable bonds is 7. The monoisotopic (exact) mass is 259 g/mol. The van der Waals surface area contributed by atoms with Crippen LogP contribution >= 0.6 is 0 Å². The van der Waals surface area contributed by atoms with Gasteiger partial charge >= 0.3 is 11.9 Å². The number of hydrogen-bond acceptors (Lipinski definition) is 3. The summed E-state index contributed by atoms with van der Waals surface area (Å²) in [5, 5.41) is 20.2. The lowest BCUT2D eigenvalue weighted by Gasteiger charge is -2.21. The lowest BCUT2D eigenvalue weighted by Crippen LogP contribution is -2.43. The summed E-state index contributed by atoms with van der Waals surface area (Å²) < 4.78 is 0. The van der Waals surface area contributed by atoms with Crippen LogP contribution in [0.2, 0.25) is 0 Å². The van der Waals surface area contributed by atoms with Crippen LogP contribution in [0.1, 0.15) is 40.5 Å². The van der Waals surface area contributed by atoms with E-state index < -0.39 is 29.3 Å². The molecule has 3 N–H and O–H groups in total.